The molecule has 0 aromatic rings. The fourth-order valence-corrected chi connectivity index (χ4v) is 1.72. The van der Waals surface area contributed by atoms with Gasteiger partial charge in [0.1, 0.15) is 0 Å². The van der Waals surface area contributed by atoms with E-state index >= 15 is 0 Å². The first-order valence-electron chi connectivity index (χ1n) is 3.53. The van der Waals surface area contributed by atoms with Crippen LogP contribution in [0, 0.1) is 0 Å². The van der Waals surface area contributed by atoms with E-state index in [-0.39, 0.29) is 0 Å². The first-order valence-corrected chi connectivity index (χ1v) is 4.77. The second-order valence-electron chi connectivity index (χ2n) is 2.70. The summed E-state index contributed by atoms with van der Waals surface area (Å²) < 4.78 is 2.05. The van der Waals surface area contributed by atoms with E-state index in [1.165, 1.54) is 5.57 Å². The van der Waals surface area contributed by atoms with Crippen LogP contribution in [0.1, 0.15) is 6.42 Å². The summed E-state index contributed by atoms with van der Waals surface area (Å²) in [4.78, 5) is 2.26. The Morgan fingerprint density at radius 2 is 2.45 bits per heavy atom. The highest BCUT2D eigenvalue weighted by Gasteiger charge is 2.15. The number of nitrogens with zero attached hydrogens (tertiary/aromatic N) is 2. The second-order valence-corrected chi connectivity index (χ2v) is 3.32. The molecule has 0 unspecified atom stereocenters. The van der Waals surface area contributed by atoms with Gasteiger partial charge in [-0.3, -0.25) is 0 Å². The first-order chi connectivity index (χ1) is 5.27. The third kappa shape index (κ3) is 2.16. The zero-order valence-corrected chi connectivity index (χ0v) is 8.71. The van der Waals surface area contributed by atoms with Crippen molar-refractivity contribution in [3.05, 3.63) is 9.66 Å². The molecule has 3 nitrogen and oxygen atoms in total. The average Bonchev–Trinajstić information content (AvgIpc) is 2.04. The minimum atomic E-state index is 0.971. The summed E-state index contributed by atoms with van der Waals surface area (Å²) >= 11 is 2.23. The Morgan fingerprint density at radius 1 is 1.73 bits per heavy atom. The summed E-state index contributed by atoms with van der Waals surface area (Å²) in [6, 6.07) is 0. The Balaban J connectivity index is 2.72. The van der Waals surface area contributed by atoms with Gasteiger partial charge in [0.15, 0.2) is 0 Å². The van der Waals surface area contributed by atoms with Crippen molar-refractivity contribution in [3.63, 3.8) is 0 Å². The van der Waals surface area contributed by atoms with Crippen molar-refractivity contribution in [1.29, 1.82) is 0 Å². The van der Waals surface area contributed by atoms with Crippen LogP contribution in [0.2, 0.25) is 0 Å². The van der Waals surface area contributed by atoms with Gasteiger partial charge >= 0.3 is 0 Å². The molecule has 1 rings (SSSR count). The van der Waals surface area contributed by atoms with Crippen LogP contribution in [-0.2, 0) is 0 Å². The lowest BCUT2D eigenvalue weighted by Gasteiger charge is -2.24. The monoisotopic (exact) mass is 265 g/mol. The van der Waals surface area contributed by atoms with E-state index in [9.17, 15) is 0 Å². The van der Waals surface area contributed by atoms with Crippen molar-refractivity contribution in [2.45, 2.75) is 6.42 Å². The first kappa shape index (κ1) is 8.99. The minimum Gasteiger partial charge on any atom is -0.323 e. The summed E-state index contributed by atoms with van der Waals surface area (Å²) in [5.74, 6) is 5.24. The van der Waals surface area contributed by atoms with Gasteiger partial charge in [0.2, 0.25) is 0 Å². The molecule has 1 saturated heterocycles. The largest absolute Gasteiger partial charge is 0.323 e. The van der Waals surface area contributed by atoms with Crippen molar-refractivity contribution in [2.24, 2.45) is 10.9 Å². The van der Waals surface area contributed by atoms with E-state index in [0.717, 1.165) is 25.2 Å². The molecule has 0 saturated carbocycles. The second kappa shape index (κ2) is 4.06. The number of likely N-dealkylation sites (tertiary alicyclic amines) is 1. The molecule has 0 atom stereocenters. The number of piperidine rings is 1. The quantitative estimate of drug-likeness (QED) is 0.402. The van der Waals surface area contributed by atoms with Gasteiger partial charge in [0.05, 0.1) is 5.71 Å². The maximum Gasteiger partial charge on any atom is 0.0662 e. The van der Waals surface area contributed by atoms with Crippen LogP contribution in [0.15, 0.2) is 14.8 Å². The Labute approximate surface area is 80.5 Å². The van der Waals surface area contributed by atoms with E-state index in [1.54, 1.807) is 0 Å². The van der Waals surface area contributed by atoms with Gasteiger partial charge in [-0.1, -0.05) is 22.6 Å². The normalized spacial score (nSPS) is 28.2. The number of hydrazone groups is 1. The summed E-state index contributed by atoms with van der Waals surface area (Å²) in [7, 11) is 2.10. The lowest BCUT2D eigenvalue weighted by Crippen LogP contribution is -2.32. The molecule has 0 radical (unpaired) electrons. The summed E-state index contributed by atoms with van der Waals surface area (Å²) in [5, 5.41) is 3.75. The van der Waals surface area contributed by atoms with Crippen LogP contribution >= 0.6 is 22.6 Å². The fourth-order valence-electron chi connectivity index (χ4n) is 1.16. The third-order valence-corrected chi connectivity index (χ3v) is 2.58. The SMILES string of the molecule is CN1CCC(=N/N)/C(=C\I)C1. The number of halogens is 1. The zero-order chi connectivity index (χ0) is 8.27. The average molecular weight is 265 g/mol. The summed E-state index contributed by atoms with van der Waals surface area (Å²) in [6.07, 6.45) is 0.974. The summed E-state index contributed by atoms with van der Waals surface area (Å²) in [6.45, 7) is 2.03. The molecule has 0 aromatic heterocycles. The van der Waals surface area contributed by atoms with Gasteiger partial charge in [-0.05, 0) is 16.7 Å². The molecule has 2 N–H and O–H groups in total. The predicted molar refractivity (Wildman–Crippen MR) is 55.8 cm³/mol. The van der Waals surface area contributed by atoms with E-state index in [0.29, 0.717) is 0 Å². The van der Waals surface area contributed by atoms with Crippen LogP contribution in [0.3, 0.4) is 0 Å². The lowest BCUT2D eigenvalue weighted by atomic mass is 10.1. The number of likely N-dealkylation sites (N-methyl/N-ethyl adjacent to an activating group) is 1. The molecule has 0 aromatic carbocycles. The molecule has 4 heteroatoms. The lowest BCUT2D eigenvalue weighted by molar-refractivity contribution is 0.365. The topological polar surface area (TPSA) is 41.6 Å². The molecule has 0 aliphatic carbocycles. The summed E-state index contributed by atoms with van der Waals surface area (Å²) in [5.41, 5.74) is 2.30. The van der Waals surface area contributed by atoms with Gasteiger partial charge in [-0.2, -0.15) is 5.10 Å². The molecular formula is C7H12IN3. The molecule has 62 valence electrons. The number of nitrogens with two attached hydrogens (primary N) is 1. The van der Waals surface area contributed by atoms with Gasteiger partial charge in [-0.15, -0.1) is 0 Å². The van der Waals surface area contributed by atoms with Gasteiger partial charge in [-0.25, -0.2) is 0 Å². The smallest absolute Gasteiger partial charge is 0.0662 e. The van der Waals surface area contributed by atoms with Crippen LogP contribution in [0.25, 0.3) is 0 Å². The number of hydrogen-bond acceptors (Lipinski definition) is 3. The maximum atomic E-state index is 5.24. The molecular weight excluding hydrogens is 253 g/mol. The van der Waals surface area contributed by atoms with E-state index in [4.69, 9.17) is 5.84 Å². The Kier molecular flexibility index (Phi) is 3.32. The third-order valence-electron chi connectivity index (χ3n) is 1.83. The van der Waals surface area contributed by atoms with Gasteiger partial charge in [0.25, 0.3) is 0 Å². The molecule has 0 spiro atoms. The predicted octanol–water partition coefficient (Wildman–Crippen LogP) is 0.956. The van der Waals surface area contributed by atoms with Gasteiger partial charge < -0.3 is 10.7 Å². The molecule has 1 aliphatic heterocycles. The maximum absolute atomic E-state index is 5.24. The van der Waals surface area contributed by atoms with Crippen LogP contribution in [0.5, 0.6) is 0 Å². The number of hydrogen-bond donors (Lipinski definition) is 1. The van der Waals surface area contributed by atoms with Crippen molar-refractivity contribution in [2.75, 3.05) is 20.1 Å². The van der Waals surface area contributed by atoms with Crippen molar-refractivity contribution in [1.82, 2.24) is 4.90 Å². The standard InChI is InChI=1S/C7H12IN3/c1-11-3-2-7(10-9)6(4-8)5-11/h4H,2-3,5,9H2,1H3/b6-4-,10-7-. The highest BCUT2D eigenvalue weighted by atomic mass is 127. The van der Waals surface area contributed by atoms with Gasteiger partial charge in [0, 0.05) is 19.5 Å². The van der Waals surface area contributed by atoms with Crippen LogP contribution < -0.4 is 5.84 Å². The highest BCUT2D eigenvalue weighted by molar-refractivity contribution is 14.1. The minimum absolute atomic E-state index is 0.971. The van der Waals surface area contributed by atoms with E-state index < -0.39 is 0 Å². The zero-order valence-electron chi connectivity index (χ0n) is 6.55. The number of rotatable bonds is 0. The fraction of sp³-hybridized carbons (Fsp3) is 0.571. The molecule has 1 fully saturated rings. The Morgan fingerprint density at radius 3 is 3.00 bits per heavy atom. The van der Waals surface area contributed by atoms with Crippen LogP contribution in [0.4, 0.5) is 0 Å². The Hall–Kier alpha value is -0.100. The molecule has 11 heavy (non-hydrogen) atoms. The highest BCUT2D eigenvalue weighted by Crippen LogP contribution is 2.12. The van der Waals surface area contributed by atoms with Crippen molar-refractivity contribution < 1.29 is 0 Å². The van der Waals surface area contributed by atoms with Crippen molar-refractivity contribution >= 4 is 28.3 Å². The molecule has 1 heterocycles. The van der Waals surface area contributed by atoms with E-state index in [2.05, 4.69) is 43.7 Å². The van der Waals surface area contributed by atoms with E-state index in [1.807, 2.05) is 0 Å². The molecule has 0 bridgehead atoms. The molecule has 1 aliphatic rings. The Bertz CT molecular complexity index is 198. The van der Waals surface area contributed by atoms with Crippen molar-refractivity contribution in [3.8, 4) is 0 Å². The van der Waals surface area contributed by atoms with Crippen LogP contribution in [-0.4, -0.2) is 30.7 Å². The molecule has 0 amide bonds.